The number of hydrogen-bond acceptors (Lipinski definition) is 2. The molecule has 2 unspecified atom stereocenters. The topological polar surface area (TPSA) is 35.2 Å². The quantitative estimate of drug-likeness (QED) is 0.858. The molecule has 0 heterocycles. The first-order valence-electron chi connectivity index (χ1n) is 7.14. The molecule has 0 saturated carbocycles. The number of ether oxygens (including phenoxy) is 1. The van der Waals surface area contributed by atoms with E-state index in [2.05, 4.69) is 54.9 Å². The van der Waals surface area contributed by atoms with Crippen LogP contribution in [0.3, 0.4) is 0 Å². The average Bonchev–Trinajstić information content (AvgIpc) is 2.42. The molecule has 2 aromatic carbocycles. The van der Waals surface area contributed by atoms with Crippen LogP contribution in [0.15, 0.2) is 40.9 Å². The molecular formula is C18H22BrNO. The third-order valence-corrected chi connectivity index (χ3v) is 4.43. The lowest BCUT2D eigenvalue weighted by Crippen LogP contribution is -2.29. The van der Waals surface area contributed by atoms with Crippen molar-refractivity contribution in [3.63, 3.8) is 0 Å². The summed E-state index contributed by atoms with van der Waals surface area (Å²) in [5.74, 6) is 0.908. The van der Waals surface area contributed by atoms with E-state index in [0.717, 1.165) is 15.8 Å². The lowest BCUT2D eigenvalue weighted by molar-refractivity contribution is 0.178. The lowest BCUT2D eigenvalue weighted by atomic mass is 10.0. The summed E-state index contributed by atoms with van der Waals surface area (Å²) in [6, 6.07) is 12.2. The van der Waals surface area contributed by atoms with Crippen molar-refractivity contribution >= 4 is 15.9 Å². The number of halogens is 1. The standard InChI is InChI=1S/C18H22BrNO/c1-11-9-12(2)13(3)17(10-11)21-18(14(4)20)15-7-5-6-8-16(15)19/h5-10,14,18H,20H2,1-4H3. The van der Waals surface area contributed by atoms with Gasteiger partial charge in [-0.25, -0.2) is 0 Å². The van der Waals surface area contributed by atoms with Gasteiger partial charge in [0.25, 0.3) is 0 Å². The van der Waals surface area contributed by atoms with Crippen LogP contribution in [0.4, 0.5) is 0 Å². The maximum absolute atomic E-state index is 6.28. The fourth-order valence-corrected chi connectivity index (χ4v) is 2.93. The Morgan fingerprint density at radius 1 is 1.10 bits per heavy atom. The molecule has 0 fully saturated rings. The highest BCUT2D eigenvalue weighted by atomic mass is 79.9. The maximum Gasteiger partial charge on any atom is 0.140 e. The van der Waals surface area contributed by atoms with E-state index in [1.165, 1.54) is 16.7 Å². The van der Waals surface area contributed by atoms with Crippen LogP contribution >= 0.6 is 15.9 Å². The molecular weight excluding hydrogens is 326 g/mol. The minimum Gasteiger partial charge on any atom is -0.484 e. The van der Waals surface area contributed by atoms with Crippen molar-refractivity contribution < 1.29 is 4.74 Å². The molecule has 0 saturated heterocycles. The molecule has 0 aliphatic carbocycles. The van der Waals surface area contributed by atoms with Crippen LogP contribution in [-0.2, 0) is 0 Å². The van der Waals surface area contributed by atoms with Crippen LogP contribution in [0.25, 0.3) is 0 Å². The molecule has 2 rings (SSSR count). The van der Waals surface area contributed by atoms with E-state index in [1.54, 1.807) is 0 Å². The van der Waals surface area contributed by atoms with Crippen molar-refractivity contribution in [1.82, 2.24) is 0 Å². The second kappa shape index (κ2) is 6.63. The minimum atomic E-state index is -0.180. The highest BCUT2D eigenvalue weighted by Crippen LogP contribution is 2.32. The second-order valence-corrected chi connectivity index (χ2v) is 6.48. The van der Waals surface area contributed by atoms with E-state index in [9.17, 15) is 0 Å². The number of benzene rings is 2. The molecule has 0 amide bonds. The largest absolute Gasteiger partial charge is 0.484 e. The Kier molecular flexibility index (Phi) is 5.07. The molecule has 0 aliphatic rings. The summed E-state index contributed by atoms with van der Waals surface area (Å²) >= 11 is 3.59. The molecule has 2 N–H and O–H groups in total. The van der Waals surface area contributed by atoms with E-state index in [0.29, 0.717) is 0 Å². The molecule has 112 valence electrons. The summed E-state index contributed by atoms with van der Waals surface area (Å²) in [6.45, 7) is 8.25. The maximum atomic E-state index is 6.28. The third-order valence-electron chi connectivity index (χ3n) is 3.71. The second-order valence-electron chi connectivity index (χ2n) is 5.62. The third kappa shape index (κ3) is 3.66. The summed E-state index contributed by atoms with van der Waals surface area (Å²) < 4.78 is 7.30. The smallest absolute Gasteiger partial charge is 0.140 e. The fourth-order valence-electron chi connectivity index (χ4n) is 2.42. The zero-order valence-electron chi connectivity index (χ0n) is 13.0. The molecule has 21 heavy (non-hydrogen) atoms. The van der Waals surface area contributed by atoms with Crippen molar-refractivity contribution in [2.24, 2.45) is 5.73 Å². The highest BCUT2D eigenvalue weighted by molar-refractivity contribution is 9.10. The van der Waals surface area contributed by atoms with Crippen LogP contribution in [0.1, 0.15) is 35.3 Å². The van der Waals surface area contributed by atoms with Gasteiger partial charge in [0.1, 0.15) is 11.9 Å². The molecule has 0 aliphatic heterocycles. The highest BCUT2D eigenvalue weighted by Gasteiger charge is 2.21. The van der Waals surface area contributed by atoms with Gasteiger partial charge >= 0.3 is 0 Å². The van der Waals surface area contributed by atoms with Crippen LogP contribution < -0.4 is 10.5 Å². The number of aryl methyl sites for hydroxylation is 2. The van der Waals surface area contributed by atoms with Crippen LogP contribution in [0.5, 0.6) is 5.75 Å². The predicted molar refractivity (Wildman–Crippen MR) is 91.8 cm³/mol. The predicted octanol–water partition coefficient (Wildman–Crippen LogP) is 4.84. The van der Waals surface area contributed by atoms with Crippen LogP contribution in [0.2, 0.25) is 0 Å². The van der Waals surface area contributed by atoms with Crippen molar-refractivity contribution in [2.75, 3.05) is 0 Å². The Morgan fingerprint density at radius 2 is 1.76 bits per heavy atom. The number of nitrogens with two attached hydrogens (primary N) is 1. The zero-order chi connectivity index (χ0) is 15.6. The fraction of sp³-hybridized carbons (Fsp3) is 0.333. The van der Waals surface area contributed by atoms with Crippen molar-refractivity contribution in [3.05, 3.63) is 63.1 Å². The van der Waals surface area contributed by atoms with Gasteiger partial charge in [-0.15, -0.1) is 0 Å². The molecule has 2 aromatic rings. The van der Waals surface area contributed by atoms with Crippen molar-refractivity contribution in [1.29, 1.82) is 0 Å². The SMILES string of the molecule is Cc1cc(C)c(C)c(OC(c2ccccc2Br)C(C)N)c1. The van der Waals surface area contributed by atoms with E-state index in [1.807, 2.05) is 25.1 Å². The summed E-state index contributed by atoms with van der Waals surface area (Å²) in [5, 5.41) is 0. The van der Waals surface area contributed by atoms with Gasteiger partial charge in [0.05, 0.1) is 0 Å². The minimum absolute atomic E-state index is 0.107. The summed E-state index contributed by atoms with van der Waals surface area (Å²) in [6.07, 6.45) is -0.180. The van der Waals surface area contributed by atoms with E-state index in [-0.39, 0.29) is 12.1 Å². The molecule has 0 aromatic heterocycles. The molecule has 0 bridgehead atoms. The normalized spacial score (nSPS) is 13.8. The van der Waals surface area contributed by atoms with Gasteiger partial charge < -0.3 is 10.5 Å². The average molecular weight is 348 g/mol. The Labute approximate surface area is 135 Å². The molecule has 3 heteroatoms. The Morgan fingerprint density at radius 3 is 2.38 bits per heavy atom. The first-order valence-corrected chi connectivity index (χ1v) is 7.94. The van der Waals surface area contributed by atoms with E-state index < -0.39 is 0 Å². The van der Waals surface area contributed by atoms with Gasteiger partial charge in [0.15, 0.2) is 0 Å². The Hall–Kier alpha value is -1.32. The van der Waals surface area contributed by atoms with Crippen molar-refractivity contribution in [2.45, 2.75) is 39.8 Å². The van der Waals surface area contributed by atoms with Gasteiger partial charge in [0, 0.05) is 16.1 Å². The summed E-state index contributed by atoms with van der Waals surface area (Å²) in [7, 11) is 0. The molecule has 2 nitrogen and oxygen atoms in total. The van der Waals surface area contributed by atoms with Crippen LogP contribution in [-0.4, -0.2) is 6.04 Å². The summed E-state index contributed by atoms with van der Waals surface area (Å²) in [5.41, 5.74) is 10.8. The van der Waals surface area contributed by atoms with E-state index in [4.69, 9.17) is 10.5 Å². The first-order chi connectivity index (χ1) is 9.90. The summed E-state index contributed by atoms with van der Waals surface area (Å²) in [4.78, 5) is 0. The molecule has 0 radical (unpaired) electrons. The van der Waals surface area contributed by atoms with E-state index >= 15 is 0 Å². The van der Waals surface area contributed by atoms with Gasteiger partial charge in [-0.05, 0) is 56.5 Å². The van der Waals surface area contributed by atoms with Gasteiger partial charge in [0.2, 0.25) is 0 Å². The molecule has 0 spiro atoms. The zero-order valence-corrected chi connectivity index (χ0v) is 14.6. The van der Waals surface area contributed by atoms with Crippen molar-refractivity contribution in [3.8, 4) is 5.75 Å². The number of hydrogen-bond donors (Lipinski definition) is 1. The molecule has 2 atom stereocenters. The van der Waals surface area contributed by atoms with Gasteiger partial charge in [-0.1, -0.05) is 40.2 Å². The lowest BCUT2D eigenvalue weighted by Gasteiger charge is -2.25. The number of rotatable bonds is 4. The Bertz CT molecular complexity index is 637. The van der Waals surface area contributed by atoms with Gasteiger partial charge in [-0.2, -0.15) is 0 Å². The van der Waals surface area contributed by atoms with Gasteiger partial charge in [-0.3, -0.25) is 0 Å². The van der Waals surface area contributed by atoms with Crippen LogP contribution in [0, 0.1) is 20.8 Å². The first kappa shape index (κ1) is 16.1. The monoisotopic (exact) mass is 347 g/mol. The Balaban J connectivity index is 2.41.